The molecule has 0 spiro atoms. The molecule has 0 bridgehead atoms. The molecule has 1 heterocycles. The van der Waals surface area contributed by atoms with Gasteiger partial charge in [0.2, 0.25) is 11.8 Å². The normalized spacial score (nSPS) is 13.8. The smallest absolute Gasteiger partial charge is 0.254 e. The molecule has 0 atom stereocenters. The standard InChI is InChI=1S/C25H30FN3O5/c1-33-21-14-19(15-22(16-21)34-2)25(32)29-11-7-18(8-12-29)24(31)28-10-9-27-23(30)13-17-3-5-20(26)6-4-17/h3-6,14-16,18H,7-13H2,1-2H3,(H,27,30)(H,28,31). The van der Waals surface area contributed by atoms with E-state index in [9.17, 15) is 18.8 Å². The third kappa shape index (κ3) is 6.94. The Kier molecular flexibility index (Phi) is 8.84. The molecule has 2 N–H and O–H groups in total. The van der Waals surface area contributed by atoms with E-state index < -0.39 is 0 Å². The number of ether oxygens (including phenoxy) is 2. The topological polar surface area (TPSA) is 97.0 Å². The fourth-order valence-corrected chi connectivity index (χ4v) is 3.84. The van der Waals surface area contributed by atoms with Gasteiger partial charge in [0, 0.05) is 43.7 Å². The van der Waals surface area contributed by atoms with Crippen LogP contribution in [0.15, 0.2) is 42.5 Å². The zero-order valence-electron chi connectivity index (χ0n) is 19.4. The molecular weight excluding hydrogens is 441 g/mol. The van der Waals surface area contributed by atoms with Gasteiger partial charge in [0.15, 0.2) is 0 Å². The fourth-order valence-electron chi connectivity index (χ4n) is 3.84. The molecule has 9 heteroatoms. The average Bonchev–Trinajstić information content (AvgIpc) is 2.87. The van der Waals surface area contributed by atoms with Gasteiger partial charge in [-0.2, -0.15) is 0 Å². The van der Waals surface area contributed by atoms with E-state index in [1.165, 1.54) is 26.4 Å². The lowest BCUT2D eigenvalue weighted by molar-refractivity contribution is -0.126. The maximum Gasteiger partial charge on any atom is 0.254 e. The van der Waals surface area contributed by atoms with Crippen LogP contribution >= 0.6 is 0 Å². The van der Waals surface area contributed by atoms with Crippen molar-refractivity contribution in [3.05, 3.63) is 59.4 Å². The van der Waals surface area contributed by atoms with Gasteiger partial charge in [-0.05, 0) is 42.7 Å². The number of carbonyl (C=O) groups excluding carboxylic acids is 3. The molecule has 0 saturated carbocycles. The van der Waals surface area contributed by atoms with Gasteiger partial charge in [0.05, 0.1) is 20.6 Å². The minimum Gasteiger partial charge on any atom is -0.497 e. The maximum absolute atomic E-state index is 12.9. The van der Waals surface area contributed by atoms with E-state index in [4.69, 9.17) is 9.47 Å². The van der Waals surface area contributed by atoms with E-state index in [1.54, 1.807) is 35.2 Å². The first-order valence-corrected chi connectivity index (χ1v) is 11.2. The van der Waals surface area contributed by atoms with Crippen molar-refractivity contribution in [1.29, 1.82) is 0 Å². The van der Waals surface area contributed by atoms with Crippen molar-refractivity contribution in [2.45, 2.75) is 19.3 Å². The summed E-state index contributed by atoms with van der Waals surface area (Å²) < 4.78 is 23.4. The van der Waals surface area contributed by atoms with Gasteiger partial charge < -0.3 is 25.0 Å². The van der Waals surface area contributed by atoms with Crippen LogP contribution in [0.2, 0.25) is 0 Å². The van der Waals surface area contributed by atoms with Crippen molar-refractivity contribution >= 4 is 17.7 Å². The van der Waals surface area contributed by atoms with Crippen LogP contribution in [0.25, 0.3) is 0 Å². The van der Waals surface area contributed by atoms with E-state index in [2.05, 4.69) is 10.6 Å². The number of carbonyl (C=O) groups is 3. The van der Waals surface area contributed by atoms with Gasteiger partial charge in [0.1, 0.15) is 17.3 Å². The van der Waals surface area contributed by atoms with Crippen molar-refractivity contribution in [3.8, 4) is 11.5 Å². The Balaban J connectivity index is 1.38. The molecule has 3 rings (SSSR count). The Morgan fingerprint density at radius 1 is 0.941 bits per heavy atom. The zero-order valence-corrected chi connectivity index (χ0v) is 19.4. The summed E-state index contributed by atoms with van der Waals surface area (Å²) in [5.74, 6) is 0.162. The Hall–Kier alpha value is -3.62. The largest absolute Gasteiger partial charge is 0.497 e. The summed E-state index contributed by atoms with van der Waals surface area (Å²) in [6, 6.07) is 10.8. The molecule has 0 aromatic heterocycles. The molecule has 34 heavy (non-hydrogen) atoms. The first-order chi connectivity index (χ1) is 16.4. The van der Waals surface area contributed by atoms with E-state index in [1.807, 2.05) is 0 Å². The minimum atomic E-state index is -0.345. The third-order valence-corrected chi connectivity index (χ3v) is 5.78. The fraction of sp³-hybridized carbons (Fsp3) is 0.400. The highest BCUT2D eigenvalue weighted by Crippen LogP contribution is 2.25. The monoisotopic (exact) mass is 471 g/mol. The Morgan fingerprint density at radius 3 is 2.12 bits per heavy atom. The summed E-state index contributed by atoms with van der Waals surface area (Å²) in [7, 11) is 3.06. The number of amides is 3. The Labute approximate surface area is 198 Å². The van der Waals surface area contributed by atoms with Crippen molar-refractivity contribution < 1.29 is 28.2 Å². The van der Waals surface area contributed by atoms with Gasteiger partial charge in [0.25, 0.3) is 5.91 Å². The minimum absolute atomic E-state index is 0.0806. The summed E-state index contributed by atoms with van der Waals surface area (Å²) >= 11 is 0. The van der Waals surface area contributed by atoms with Crippen LogP contribution in [0.3, 0.4) is 0 Å². The second-order valence-corrected chi connectivity index (χ2v) is 8.11. The lowest BCUT2D eigenvalue weighted by Gasteiger charge is -2.31. The molecule has 1 aliphatic rings. The predicted molar refractivity (Wildman–Crippen MR) is 124 cm³/mol. The van der Waals surface area contributed by atoms with Crippen molar-refractivity contribution in [3.63, 3.8) is 0 Å². The third-order valence-electron chi connectivity index (χ3n) is 5.78. The summed E-state index contributed by atoms with van der Waals surface area (Å²) in [6.07, 6.45) is 1.28. The molecule has 8 nitrogen and oxygen atoms in total. The van der Waals surface area contributed by atoms with Crippen LogP contribution < -0.4 is 20.1 Å². The first kappa shape index (κ1) is 25.0. The van der Waals surface area contributed by atoms with E-state index in [0.717, 1.165) is 5.56 Å². The first-order valence-electron chi connectivity index (χ1n) is 11.2. The van der Waals surface area contributed by atoms with Gasteiger partial charge in [-0.1, -0.05) is 12.1 Å². The van der Waals surface area contributed by atoms with Gasteiger partial charge in [-0.25, -0.2) is 4.39 Å². The van der Waals surface area contributed by atoms with Crippen molar-refractivity contribution in [2.24, 2.45) is 5.92 Å². The van der Waals surface area contributed by atoms with E-state index in [0.29, 0.717) is 56.1 Å². The van der Waals surface area contributed by atoms with Crippen molar-refractivity contribution in [2.75, 3.05) is 40.4 Å². The molecule has 182 valence electrons. The van der Waals surface area contributed by atoms with Crippen LogP contribution in [0.5, 0.6) is 11.5 Å². The number of hydrogen-bond acceptors (Lipinski definition) is 5. The molecule has 1 saturated heterocycles. The molecule has 3 amide bonds. The van der Waals surface area contributed by atoms with Crippen LogP contribution in [0, 0.1) is 11.7 Å². The summed E-state index contributed by atoms with van der Waals surface area (Å²) in [5.41, 5.74) is 1.20. The molecule has 2 aromatic carbocycles. The highest BCUT2D eigenvalue weighted by Gasteiger charge is 2.28. The summed E-state index contributed by atoms with van der Waals surface area (Å²) in [4.78, 5) is 39.1. The number of rotatable bonds is 9. The van der Waals surface area contributed by atoms with Crippen LogP contribution in [-0.4, -0.2) is 63.0 Å². The number of methoxy groups -OCH3 is 2. The van der Waals surface area contributed by atoms with E-state index in [-0.39, 0.29) is 35.9 Å². The molecule has 2 aromatic rings. The van der Waals surface area contributed by atoms with Gasteiger partial charge in [-0.15, -0.1) is 0 Å². The predicted octanol–water partition coefficient (Wildman–Crippen LogP) is 2.17. The molecular formula is C25H30FN3O5. The van der Waals surface area contributed by atoms with Gasteiger partial charge >= 0.3 is 0 Å². The number of piperidine rings is 1. The lowest BCUT2D eigenvalue weighted by Crippen LogP contribution is -2.44. The summed E-state index contributed by atoms with van der Waals surface area (Å²) in [5, 5.41) is 5.59. The SMILES string of the molecule is COc1cc(OC)cc(C(=O)N2CCC(C(=O)NCCNC(=O)Cc3ccc(F)cc3)CC2)c1. The quantitative estimate of drug-likeness (QED) is 0.547. The Bertz CT molecular complexity index is 982. The Morgan fingerprint density at radius 2 is 1.53 bits per heavy atom. The number of likely N-dealkylation sites (tertiary alicyclic amines) is 1. The number of halogens is 1. The number of nitrogens with one attached hydrogen (secondary N) is 2. The van der Waals surface area contributed by atoms with Crippen LogP contribution in [0.1, 0.15) is 28.8 Å². The zero-order chi connectivity index (χ0) is 24.5. The average molecular weight is 472 g/mol. The van der Waals surface area contributed by atoms with E-state index >= 15 is 0 Å². The second kappa shape index (κ2) is 12.0. The molecule has 1 fully saturated rings. The number of benzene rings is 2. The molecule has 0 aliphatic carbocycles. The van der Waals surface area contributed by atoms with Crippen LogP contribution in [0.4, 0.5) is 4.39 Å². The highest BCUT2D eigenvalue weighted by atomic mass is 19.1. The van der Waals surface area contributed by atoms with Gasteiger partial charge in [-0.3, -0.25) is 14.4 Å². The molecule has 0 unspecified atom stereocenters. The maximum atomic E-state index is 12.9. The van der Waals surface area contributed by atoms with Crippen molar-refractivity contribution in [1.82, 2.24) is 15.5 Å². The number of nitrogens with zero attached hydrogens (tertiary/aromatic N) is 1. The molecule has 1 aliphatic heterocycles. The van der Waals surface area contributed by atoms with Crippen LogP contribution in [-0.2, 0) is 16.0 Å². The summed E-state index contributed by atoms with van der Waals surface area (Å²) in [6.45, 7) is 1.58. The lowest BCUT2D eigenvalue weighted by atomic mass is 9.95. The molecule has 0 radical (unpaired) electrons. The number of hydrogen-bond donors (Lipinski definition) is 2. The second-order valence-electron chi connectivity index (χ2n) is 8.11. The highest BCUT2D eigenvalue weighted by molar-refractivity contribution is 5.95.